The third-order valence-electron chi connectivity index (χ3n) is 4.02. The van der Waals surface area contributed by atoms with E-state index in [0.717, 1.165) is 24.9 Å². The Bertz CT molecular complexity index is 422. The van der Waals surface area contributed by atoms with Gasteiger partial charge in [0.05, 0.1) is 11.9 Å². The molecule has 1 aliphatic carbocycles. The summed E-state index contributed by atoms with van der Waals surface area (Å²) in [6, 6.07) is 3.45. The number of rotatable bonds is 1. The fourth-order valence-corrected chi connectivity index (χ4v) is 3.09. The van der Waals surface area contributed by atoms with Gasteiger partial charge in [0.2, 0.25) is 0 Å². The molecule has 2 N–H and O–H groups in total. The number of pyridine rings is 1. The zero-order chi connectivity index (χ0) is 11.8. The molecule has 2 unspecified atom stereocenters. The maximum absolute atomic E-state index is 12.2. The minimum absolute atomic E-state index is 0. The third kappa shape index (κ3) is 2.29. The van der Waals surface area contributed by atoms with Gasteiger partial charge in [-0.15, -0.1) is 12.4 Å². The molecule has 1 aromatic rings. The molecule has 0 bridgehead atoms. The van der Waals surface area contributed by atoms with Crippen molar-refractivity contribution < 1.29 is 4.79 Å². The summed E-state index contributed by atoms with van der Waals surface area (Å²) in [4.78, 5) is 18.3. The van der Waals surface area contributed by atoms with Crippen molar-refractivity contribution in [3.8, 4) is 0 Å². The number of nitrogens with two attached hydrogens (primary N) is 1. The lowest BCUT2D eigenvalue weighted by molar-refractivity contribution is 0.0775. The van der Waals surface area contributed by atoms with Crippen LogP contribution in [0.3, 0.4) is 0 Å². The number of halogens is 1. The molecule has 1 aromatic heterocycles. The fourth-order valence-electron chi connectivity index (χ4n) is 3.09. The number of hydrogen-bond donors (Lipinski definition) is 1. The molecule has 2 heterocycles. The molecule has 2 atom stereocenters. The Morgan fingerprint density at radius 2 is 1.94 bits per heavy atom. The summed E-state index contributed by atoms with van der Waals surface area (Å²) in [5.74, 6) is 1.51. The Morgan fingerprint density at radius 1 is 1.28 bits per heavy atom. The van der Waals surface area contributed by atoms with E-state index in [9.17, 15) is 4.79 Å². The normalized spacial score (nSPS) is 25.7. The second-order valence-corrected chi connectivity index (χ2v) is 5.14. The summed E-state index contributed by atoms with van der Waals surface area (Å²) in [6.45, 7) is 1.82. The van der Waals surface area contributed by atoms with Crippen LogP contribution in [0, 0.1) is 11.8 Å². The molecule has 3 rings (SSSR count). The van der Waals surface area contributed by atoms with Gasteiger partial charge >= 0.3 is 0 Å². The molecule has 18 heavy (non-hydrogen) atoms. The number of amides is 1. The minimum atomic E-state index is 0. The van der Waals surface area contributed by atoms with Gasteiger partial charge in [-0.05, 0) is 36.8 Å². The van der Waals surface area contributed by atoms with Gasteiger partial charge in [-0.1, -0.05) is 6.42 Å². The lowest BCUT2D eigenvalue weighted by atomic mass is 10.0. The summed E-state index contributed by atoms with van der Waals surface area (Å²) in [7, 11) is 0. The smallest absolute Gasteiger partial charge is 0.272 e. The van der Waals surface area contributed by atoms with E-state index in [1.54, 1.807) is 18.3 Å². The fraction of sp³-hybridized carbons (Fsp3) is 0.538. The molecule has 0 aromatic carbocycles. The maximum Gasteiger partial charge on any atom is 0.272 e. The molecule has 1 saturated heterocycles. The van der Waals surface area contributed by atoms with Crippen LogP contribution in [0.5, 0.6) is 0 Å². The van der Waals surface area contributed by atoms with Crippen LogP contribution in [0.2, 0.25) is 0 Å². The van der Waals surface area contributed by atoms with Crippen LogP contribution in [0.25, 0.3) is 0 Å². The maximum atomic E-state index is 12.2. The zero-order valence-corrected chi connectivity index (χ0v) is 11.0. The summed E-state index contributed by atoms with van der Waals surface area (Å²) < 4.78 is 0. The zero-order valence-electron chi connectivity index (χ0n) is 10.2. The van der Waals surface area contributed by atoms with Crippen LogP contribution >= 0.6 is 12.4 Å². The highest BCUT2D eigenvalue weighted by molar-refractivity contribution is 5.92. The SMILES string of the molecule is Cl.Nc1ccc(C(=O)N2CC3CCCC3C2)nc1. The number of carbonyl (C=O) groups is 1. The first kappa shape index (κ1) is 13.1. The van der Waals surface area contributed by atoms with Crippen LogP contribution in [-0.2, 0) is 0 Å². The second-order valence-electron chi connectivity index (χ2n) is 5.14. The summed E-state index contributed by atoms with van der Waals surface area (Å²) in [5, 5.41) is 0. The van der Waals surface area contributed by atoms with Crippen molar-refractivity contribution in [2.45, 2.75) is 19.3 Å². The number of aromatic nitrogens is 1. The van der Waals surface area contributed by atoms with Crippen molar-refractivity contribution in [1.82, 2.24) is 9.88 Å². The highest BCUT2D eigenvalue weighted by atomic mass is 35.5. The summed E-state index contributed by atoms with van der Waals surface area (Å²) in [5.41, 5.74) is 6.68. The predicted octanol–water partition coefficient (Wildman–Crippen LogP) is 1.96. The molecule has 0 radical (unpaired) electrons. The van der Waals surface area contributed by atoms with Gasteiger partial charge < -0.3 is 10.6 Å². The highest BCUT2D eigenvalue weighted by Crippen LogP contribution is 2.37. The van der Waals surface area contributed by atoms with Crippen LogP contribution in [0.15, 0.2) is 18.3 Å². The molecule has 4 nitrogen and oxygen atoms in total. The minimum Gasteiger partial charge on any atom is -0.397 e. The van der Waals surface area contributed by atoms with Gasteiger partial charge in [-0.3, -0.25) is 4.79 Å². The van der Waals surface area contributed by atoms with Gasteiger partial charge in [-0.2, -0.15) is 0 Å². The van der Waals surface area contributed by atoms with Gasteiger partial charge in [0, 0.05) is 13.1 Å². The Hall–Kier alpha value is -1.29. The van der Waals surface area contributed by atoms with Crippen molar-refractivity contribution in [2.75, 3.05) is 18.8 Å². The van der Waals surface area contributed by atoms with Gasteiger partial charge in [-0.25, -0.2) is 4.98 Å². The molecule has 1 saturated carbocycles. The van der Waals surface area contributed by atoms with Gasteiger partial charge in [0.15, 0.2) is 0 Å². The topological polar surface area (TPSA) is 59.2 Å². The standard InChI is InChI=1S/C13H17N3O.ClH/c14-11-4-5-12(15-6-11)13(17)16-7-9-2-1-3-10(9)8-16;/h4-6,9-10H,1-3,7-8,14H2;1H. The second kappa shape index (κ2) is 5.14. The molecule has 0 spiro atoms. The van der Waals surface area contributed by atoms with Gasteiger partial charge in [0.25, 0.3) is 5.91 Å². The monoisotopic (exact) mass is 267 g/mol. The number of fused-ring (bicyclic) bond motifs is 1. The average Bonchev–Trinajstić information content (AvgIpc) is 2.89. The van der Waals surface area contributed by atoms with Crippen LogP contribution in [0.4, 0.5) is 5.69 Å². The molecule has 1 aliphatic heterocycles. The first-order valence-corrected chi connectivity index (χ1v) is 6.25. The molecular weight excluding hydrogens is 250 g/mol. The number of anilines is 1. The molecule has 5 heteroatoms. The first-order valence-electron chi connectivity index (χ1n) is 6.25. The summed E-state index contributed by atoms with van der Waals surface area (Å²) >= 11 is 0. The predicted molar refractivity (Wildman–Crippen MR) is 72.6 cm³/mol. The van der Waals surface area contributed by atoms with Crippen molar-refractivity contribution in [2.24, 2.45) is 11.8 Å². The Balaban J connectivity index is 0.00000120. The molecular formula is C13H18ClN3O. The van der Waals surface area contributed by atoms with Crippen LogP contribution < -0.4 is 5.73 Å². The Morgan fingerprint density at radius 3 is 2.50 bits per heavy atom. The van der Waals surface area contributed by atoms with E-state index in [0.29, 0.717) is 11.4 Å². The van der Waals surface area contributed by atoms with Crippen molar-refractivity contribution in [3.05, 3.63) is 24.0 Å². The Labute approximate surface area is 113 Å². The lowest BCUT2D eigenvalue weighted by Crippen LogP contribution is -2.30. The molecule has 98 valence electrons. The van der Waals surface area contributed by atoms with E-state index < -0.39 is 0 Å². The number of nitrogen functional groups attached to an aromatic ring is 1. The van der Waals surface area contributed by atoms with E-state index in [2.05, 4.69) is 4.98 Å². The lowest BCUT2D eigenvalue weighted by Gasteiger charge is -2.16. The van der Waals surface area contributed by atoms with E-state index in [4.69, 9.17) is 5.73 Å². The number of carbonyl (C=O) groups excluding carboxylic acids is 1. The summed E-state index contributed by atoms with van der Waals surface area (Å²) in [6.07, 6.45) is 5.44. The number of hydrogen-bond acceptors (Lipinski definition) is 3. The van der Waals surface area contributed by atoms with Crippen molar-refractivity contribution in [1.29, 1.82) is 0 Å². The van der Waals surface area contributed by atoms with E-state index >= 15 is 0 Å². The molecule has 2 fully saturated rings. The van der Waals surface area contributed by atoms with E-state index in [-0.39, 0.29) is 18.3 Å². The van der Waals surface area contributed by atoms with E-state index in [1.165, 1.54) is 19.3 Å². The van der Waals surface area contributed by atoms with Crippen LogP contribution in [0.1, 0.15) is 29.8 Å². The van der Waals surface area contributed by atoms with Crippen LogP contribution in [-0.4, -0.2) is 28.9 Å². The molecule has 1 amide bonds. The van der Waals surface area contributed by atoms with Crippen molar-refractivity contribution >= 4 is 24.0 Å². The third-order valence-corrected chi connectivity index (χ3v) is 4.02. The number of likely N-dealkylation sites (tertiary alicyclic amines) is 1. The first-order chi connectivity index (χ1) is 8.24. The Kier molecular flexibility index (Phi) is 3.76. The van der Waals surface area contributed by atoms with Gasteiger partial charge in [0.1, 0.15) is 5.69 Å². The van der Waals surface area contributed by atoms with E-state index in [1.807, 2.05) is 4.90 Å². The average molecular weight is 268 g/mol. The highest BCUT2D eigenvalue weighted by Gasteiger charge is 2.38. The molecule has 2 aliphatic rings. The largest absolute Gasteiger partial charge is 0.397 e. The number of nitrogens with zero attached hydrogens (tertiary/aromatic N) is 2. The quantitative estimate of drug-likeness (QED) is 0.846. The van der Waals surface area contributed by atoms with Crippen molar-refractivity contribution in [3.63, 3.8) is 0 Å².